The topological polar surface area (TPSA) is 65.1 Å². The van der Waals surface area contributed by atoms with E-state index in [0.29, 0.717) is 28.7 Å². The molecule has 4 aromatic rings. The van der Waals surface area contributed by atoms with Gasteiger partial charge in [-0.25, -0.2) is 4.79 Å². The first-order valence-electron chi connectivity index (χ1n) is 10.9. The highest BCUT2D eigenvalue weighted by atomic mass is 35.5. The number of rotatable bonds is 4. The molecule has 8 heteroatoms. The normalized spacial score (nSPS) is 13.7. The van der Waals surface area contributed by atoms with Gasteiger partial charge in [0.25, 0.3) is 5.56 Å². The van der Waals surface area contributed by atoms with Gasteiger partial charge >= 0.3 is 5.69 Å². The van der Waals surface area contributed by atoms with Crippen LogP contribution >= 0.6 is 11.6 Å². The summed E-state index contributed by atoms with van der Waals surface area (Å²) in [6.07, 6.45) is 4.59. The van der Waals surface area contributed by atoms with Crippen LogP contribution in [-0.4, -0.2) is 25.2 Å². The maximum absolute atomic E-state index is 13.5. The molecule has 0 unspecified atom stereocenters. The number of nitrogens with zero attached hydrogens (tertiary/aromatic N) is 5. The number of hydrogen-bond acceptors (Lipinski definition) is 4. The molecule has 3 heterocycles. The molecular formula is C25H24ClN5O2. The smallest absolute Gasteiger partial charge is 0.312 e. The summed E-state index contributed by atoms with van der Waals surface area (Å²) < 4.78 is 4.65. The highest BCUT2D eigenvalue weighted by molar-refractivity contribution is 6.30. The van der Waals surface area contributed by atoms with Crippen LogP contribution in [0.5, 0.6) is 0 Å². The molecule has 0 saturated heterocycles. The van der Waals surface area contributed by atoms with Crippen molar-refractivity contribution >= 4 is 40.5 Å². The molecule has 33 heavy (non-hydrogen) atoms. The van der Waals surface area contributed by atoms with Gasteiger partial charge in [-0.15, -0.1) is 0 Å². The number of anilines is 2. The van der Waals surface area contributed by atoms with E-state index in [1.54, 1.807) is 7.05 Å². The van der Waals surface area contributed by atoms with Crippen LogP contribution in [-0.2, 0) is 20.1 Å². The zero-order valence-corrected chi connectivity index (χ0v) is 19.3. The van der Waals surface area contributed by atoms with E-state index >= 15 is 0 Å². The molecule has 1 aliphatic rings. The molecule has 0 bridgehead atoms. The summed E-state index contributed by atoms with van der Waals surface area (Å²) in [7, 11) is 1.66. The molecule has 0 radical (unpaired) electrons. The SMILES string of the molecule is Cc1ccc(Cl)cc1N1CCCn2c1nc1c2c(=O)n(C/C=C\c2ccccc2)c(=O)n1C. The number of halogens is 1. The van der Waals surface area contributed by atoms with Crippen LogP contribution in [0.4, 0.5) is 11.6 Å². The van der Waals surface area contributed by atoms with Crippen molar-refractivity contribution in [3.8, 4) is 0 Å². The van der Waals surface area contributed by atoms with Crippen LogP contribution in [0.2, 0.25) is 5.02 Å². The van der Waals surface area contributed by atoms with Crippen molar-refractivity contribution in [3.63, 3.8) is 0 Å². The lowest BCUT2D eigenvalue weighted by Gasteiger charge is -2.30. The summed E-state index contributed by atoms with van der Waals surface area (Å²) in [4.78, 5) is 33.3. The molecule has 0 spiro atoms. The maximum Gasteiger partial charge on any atom is 0.332 e. The van der Waals surface area contributed by atoms with Crippen LogP contribution in [0.1, 0.15) is 17.5 Å². The molecule has 0 atom stereocenters. The van der Waals surface area contributed by atoms with Crippen LogP contribution in [0.3, 0.4) is 0 Å². The second-order valence-corrected chi connectivity index (χ2v) is 8.68. The standard InChI is InChI=1S/C25H24ClN5O2/c1-17-11-12-19(26)16-20(17)29-14-7-15-30-21-22(27-24(29)30)28(2)25(33)31(23(21)32)13-6-10-18-8-4-3-5-9-18/h3-6,8-12,16H,7,13-15H2,1-2H3/b10-6-. The predicted octanol–water partition coefficient (Wildman–Crippen LogP) is 4.11. The quantitative estimate of drug-likeness (QED) is 0.458. The average Bonchev–Trinajstić information content (AvgIpc) is 3.22. The summed E-state index contributed by atoms with van der Waals surface area (Å²) >= 11 is 6.27. The third-order valence-corrected chi connectivity index (χ3v) is 6.31. The minimum Gasteiger partial charge on any atom is -0.312 e. The Bertz CT molecular complexity index is 1500. The summed E-state index contributed by atoms with van der Waals surface area (Å²) in [6.45, 7) is 3.63. The third kappa shape index (κ3) is 3.68. The predicted molar refractivity (Wildman–Crippen MR) is 133 cm³/mol. The van der Waals surface area contributed by atoms with Gasteiger partial charge in [0.05, 0.1) is 0 Å². The lowest BCUT2D eigenvalue weighted by atomic mass is 10.1. The Hall–Kier alpha value is -3.58. The van der Waals surface area contributed by atoms with E-state index in [9.17, 15) is 9.59 Å². The molecule has 0 saturated carbocycles. The highest BCUT2D eigenvalue weighted by Gasteiger charge is 2.27. The van der Waals surface area contributed by atoms with Gasteiger partial charge in [0.15, 0.2) is 11.2 Å². The fourth-order valence-corrected chi connectivity index (χ4v) is 4.55. The van der Waals surface area contributed by atoms with Gasteiger partial charge < -0.3 is 9.47 Å². The number of allylic oxidation sites excluding steroid dienone is 1. The minimum absolute atomic E-state index is 0.188. The molecule has 0 amide bonds. The van der Waals surface area contributed by atoms with Crippen molar-refractivity contribution in [2.45, 2.75) is 26.4 Å². The Morgan fingerprint density at radius 1 is 1.09 bits per heavy atom. The number of benzene rings is 2. The van der Waals surface area contributed by atoms with Crippen LogP contribution in [0, 0.1) is 6.92 Å². The van der Waals surface area contributed by atoms with Gasteiger partial charge in [-0.1, -0.05) is 60.2 Å². The van der Waals surface area contributed by atoms with Crippen molar-refractivity contribution in [1.29, 1.82) is 0 Å². The number of aromatic nitrogens is 4. The third-order valence-electron chi connectivity index (χ3n) is 6.08. The lowest BCUT2D eigenvalue weighted by molar-refractivity contribution is 0.598. The Balaban J connectivity index is 1.63. The Kier molecular flexibility index (Phi) is 5.42. The molecule has 0 aliphatic carbocycles. The first kappa shape index (κ1) is 21.3. The molecule has 7 nitrogen and oxygen atoms in total. The van der Waals surface area contributed by atoms with Crippen molar-refractivity contribution < 1.29 is 0 Å². The van der Waals surface area contributed by atoms with E-state index in [0.717, 1.165) is 29.8 Å². The van der Waals surface area contributed by atoms with Gasteiger partial charge in [0, 0.05) is 37.4 Å². The number of fused-ring (bicyclic) bond motifs is 3. The second-order valence-electron chi connectivity index (χ2n) is 8.24. The number of hydrogen-bond donors (Lipinski definition) is 0. The van der Waals surface area contributed by atoms with Gasteiger partial charge in [0.2, 0.25) is 5.95 Å². The van der Waals surface area contributed by atoms with Crippen LogP contribution in [0.15, 0.2) is 64.2 Å². The fraction of sp³-hybridized carbons (Fsp3) is 0.240. The van der Waals surface area contributed by atoms with E-state index in [2.05, 4.69) is 4.90 Å². The summed E-state index contributed by atoms with van der Waals surface area (Å²) in [5, 5.41) is 0.642. The van der Waals surface area contributed by atoms with E-state index < -0.39 is 0 Å². The van der Waals surface area contributed by atoms with Crippen LogP contribution < -0.4 is 16.1 Å². The fourth-order valence-electron chi connectivity index (χ4n) is 4.39. The monoisotopic (exact) mass is 461 g/mol. The lowest BCUT2D eigenvalue weighted by Crippen LogP contribution is -2.39. The zero-order chi connectivity index (χ0) is 23.1. The van der Waals surface area contributed by atoms with Crippen molar-refractivity contribution in [3.05, 3.63) is 91.6 Å². The summed E-state index contributed by atoms with van der Waals surface area (Å²) in [5.74, 6) is 0.659. The van der Waals surface area contributed by atoms with Gasteiger partial charge in [-0.3, -0.25) is 13.9 Å². The highest BCUT2D eigenvalue weighted by Crippen LogP contribution is 2.34. The van der Waals surface area contributed by atoms with Crippen molar-refractivity contribution in [2.24, 2.45) is 7.05 Å². The van der Waals surface area contributed by atoms with Crippen molar-refractivity contribution in [2.75, 3.05) is 11.4 Å². The molecule has 5 rings (SSSR count). The van der Waals surface area contributed by atoms with Gasteiger partial charge in [-0.2, -0.15) is 4.98 Å². The molecular weight excluding hydrogens is 438 g/mol. The largest absolute Gasteiger partial charge is 0.332 e. The maximum atomic E-state index is 13.5. The van der Waals surface area contributed by atoms with Gasteiger partial charge in [0.1, 0.15) is 0 Å². The Labute approximate surface area is 195 Å². The van der Waals surface area contributed by atoms with E-state index in [-0.39, 0.29) is 17.8 Å². The minimum atomic E-state index is -0.383. The molecule has 168 valence electrons. The summed E-state index contributed by atoms with van der Waals surface area (Å²) in [6, 6.07) is 15.5. The second kappa shape index (κ2) is 8.41. The molecule has 0 fully saturated rings. The van der Waals surface area contributed by atoms with E-state index in [1.807, 2.05) is 72.2 Å². The van der Waals surface area contributed by atoms with E-state index in [4.69, 9.17) is 16.6 Å². The Morgan fingerprint density at radius 3 is 2.67 bits per heavy atom. The summed E-state index contributed by atoms with van der Waals surface area (Å²) in [5.41, 5.74) is 3.17. The Morgan fingerprint density at radius 2 is 1.88 bits per heavy atom. The zero-order valence-electron chi connectivity index (χ0n) is 18.5. The molecule has 1 aliphatic heterocycles. The number of imidazole rings is 1. The first-order valence-corrected chi connectivity index (χ1v) is 11.3. The molecule has 2 aromatic heterocycles. The number of aryl methyl sites for hydroxylation is 3. The van der Waals surface area contributed by atoms with Crippen molar-refractivity contribution in [1.82, 2.24) is 18.7 Å². The van der Waals surface area contributed by atoms with Crippen LogP contribution in [0.25, 0.3) is 17.2 Å². The molecule has 0 N–H and O–H groups in total. The average molecular weight is 462 g/mol. The van der Waals surface area contributed by atoms with E-state index in [1.165, 1.54) is 9.13 Å². The first-order chi connectivity index (χ1) is 16.0. The molecule has 2 aromatic carbocycles. The van der Waals surface area contributed by atoms with Gasteiger partial charge in [-0.05, 0) is 36.6 Å².